The van der Waals surface area contributed by atoms with Crippen molar-refractivity contribution in [3.05, 3.63) is 83.7 Å². The first-order chi connectivity index (χ1) is 11.6. The molecule has 0 fully saturated rings. The van der Waals surface area contributed by atoms with Crippen molar-refractivity contribution < 1.29 is 4.79 Å². The Hall–Kier alpha value is -2.99. The Morgan fingerprint density at radius 1 is 1.08 bits per heavy atom. The van der Waals surface area contributed by atoms with E-state index in [1.54, 1.807) is 35.1 Å². The van der Waals surface area contributed by atoms with Gasteiger partial charge in [-0.05, 0) is 35.9 Å². The molecule has 24 heavy (non-hydrogen) atoms. The summed E-state index contributed by atoms with van der Waals surface area (Å²) in [6.45, 7) is 0.454. The molecule has 0 atom stereocenters. The summed E-state index contributed by atoms with van der Waals surface area (Å²) in [4.78, 5) is 12.5. The molecule has 5 nitrogen and oxygen atoms in total. The van der Waals surface area contributed by atoms with Crippen LogP contribution in [0.25, 0.3) is 5.69 Å². The highest BCUT2D eigenvalue weighted by molar-refractivity contribution is 7.80. The highest BCUT2D eigenvalue weighted by Crippen LogP contribution is 2.09. The number of carbonyl (C=O) groups is 1. The third-order valence-electron chi connectivity index (χ3n) is 3.59. The number of hydrogen-bond donors (Lipinski definition) is 2. The highest BCUT2D eigenvalue weighted by atomic mass is 32.1. The van der Waals surface area contributed by atoms with Crippen LogP contribution in [0.1, 0.15) is 21.5 Å². The molecule has 0 saturated heterocycles. The Bertz CT molecular complexity index is 840. The summed E-state index contributed by atoms with van der Waals surface area (Å²) < 4.78 is 1.78. The predicted octanol–water partition coefficient (Wildman–Crippen LogP) is 2.44. The van der Waals surface area contributed by atoms with E-state index in [9.17, 15) is 4.79 Å². The van der Waals surface area contributed by atoms with E-state index < -0.39 is 0 Å². The number of thiocarbonyl (C=S) groups is 1. The van der Waals surface area contributed by atoms with Crippen LogP contribution < -0.4 is 11.1 Å². The van der Waals surface area contributed by atoms with Crippen LogP contribution in [0, 0.1) is 0 Å². The summed E-state index contributed by atoms with van der Waals surface area (Å²) in [6.07, 6.45) is 3.62. The van der Waals surface area contributed by atoms with Crippen LogP contribution in [0.15, 0.2) is 67.0 Å². The average molecular weight is 336 g/mol. The number of carbonyl (C=O) groups excluding carboxylic acids is 1. The zero-order chi connectivity index (χ0) is 16.9. The molecule has 0 bridgehead atoms. The standard InChI is InChI=1S/C18H16N4OS/c19-17(24)14-4-6-15(7-5-14)18(23)20-12-13-2-8-16(9-3-13)22-11-1-10-21-22/h1-11H,12H2,(H2,19,24)(H,20,23). The van der Waals surface area contributed by atoms with E-state index in [4.69, 9.17) is 18.0 Å². The fourth-order valence-electron chi connectivity index (χ4n) is 2.26. The molecule has 120 valence electrons. The van der Waals surface area contributed by atoms with Crippen LogP contribution in [0.5, 0.6) is 0 Å². The number of amides is 1. The van der Waals surface area contributed by atoms with E-state index in [0.717, 1.165) is 16.8 Å². The second-order valence-corrected chi connectivity index (χ2v) is 5.68. The van der Waals surface area contributed by atoms with Crippen LogP contribution in [0.2, 0.25) is 0 Å². The number of nitrogens with two attached hydrogens (primary N) is 1. The quantitative estimate of drug-likeness (QED) is 0.702. The Morgan fingerprint density at radius 2 is 1.75 bits per heavy atom. The molecule has 0 aliphatic heterocycles. The topological polar surface area (TPSA) is 72.9 Å². The van der Waals surface area contributed by atoms with Gasteiger partial charge in [0.25, 0.3) is 5.91 Å². The molecule has 0 saturated carbocycles. The Kier molecular flexibility index (Phi) is 4.67. The van der Waals surface area contributed by atoms with Crippen LogP contribution in [0.3, 0.4) is 0 Å². The van der Waals surface area contributed by atoms with Gasteiger partial charge in [-0.15, -0.1) is 0 Å². The van der Waals surface area contributed by atoms with Gasteiger partial charge < -0.3 is 11.1 Å². The maximum Gasteiger partial charge on any atom is 0.251 e. The molecule has 0 radical (unpaired) electrons. The maximum absolute atomic E-state index is 12.2. The van der Waals surface area contributed by atoms with Gasteiger partial charge >= 0.3 is 0 Å². The molecule has 3 N–H and O–H groups in total. The molecule has 1 amide bonds. The molecule has 3 rings (SSSR count). The van der Waals surface area contributed by atoms with Crippen molar-refractivity contribution in [2.75, 3.05) is 0 Å². The number of benzene rings is 2. The van der Waals surface area contributed by atoms with Crippen LogP contribution in [-0.4, -0.2) is 20.7 Å². The van der Waals surface area contributed by atoms with E-state index in [1.165, 1.54) is 0 Å². The first kappa shape index (κ1) is 15.9. The minimum atomic E-state index is -0.138. The van der Waals surface area contributed by atoms with Gasteiger partial charge in [-0.1, -0.05) is 36.5 Å². The summed E-state index contributed by atoms with van der Waals surface area (Å²) in [5, 5.41) is 7.07. The molecule has 6 heteroatoms. The summed E-state index contributed by atoms with van der Waals surface area (Å²) in [5.74, 6) is -0.138. The normalized spacial score (nSPS) is 10.3. The summed E-state index contributed by atoms with van der Waals surface area (Å²) in [7, 11) is 0. The Labute approximate surface area is 145 Å². The number of nitrogens with one attached hydrogen (secondary N) is 1. The Balaban J connectivity index is 1.60. The number of nitrogens with zero attached hydrogens (tertiary/aromatic N) is 2. The second-order valence-electron chi connectivity index (χ2n) is 5.24. The lowest BCUT2D eigenvalue weighted by Gasteiger charge is -2.07. The number of rotatable bonds is 5. The highest BCUT2D eigenvalue weighted by Gasteiger charge is 2.06. The van der Waals surface area contributed by atoms with Crippen molar-refractivity contribution in [2.45, 2.75) is 6.54 Å². The molecular formula is C18H16N4OS. The lowest BCUT2D eigenvalue weighted by Crippen LogP contribution is -2.23. The van der Waals surface area contributed by atoms with Gasteiger partial charge in [0, 0.05) is 30.1 Å². The van der Waals surface area contributed by atoms with Gasteiger partial charge in [0.15, 0.2) is 0 Å². The van der Waals surface area contributed by atoms with Crippen molar-refractivity contribution in [1.29, 1.82) is 0 Å². The Morgan fingerprint density at radius 3 is 2.33 bits per heavy atom. The molecule has 0 unspecified atom stereocenters. The van der Waals surface area contributed by atoms with Crippen molar-refractivity contribution in [3.63, 3.8) is 0 Å². The van der Waals surface area contributed by atoms with Crippen LogP contribution in [-0.2, 0) is 6.54 Å². The van der Waals surface area contributed by atoms with Crippen molar-refractivity contribution in [2.24, 2.45) is 5.73 Å². The second kappa shape index (κ2) is 7.06. The van der Waals surface area contributed by atoms with Crippen molar-refractivity contribution in [1.82, 2.24) is 15.1 Å². The molecular weight excluding hydrogens is 320 g/mol. The maximum atomic E-state index is 12.2. The fourth-order valence-corrected chi connectivity index (χ4v) is 2.39. The molecule has 1 heterocycles. The lowest BCUT2D eigenvalue weighted by molar-refractivity contribution is 0.0951. The van der Waals surface area contributed by atoms with Crippen LogP contribution >= 0.6 is 12.2 Å². The van der Waals surface area contributed by atoms with Gasteiger partial charge in [-0.3, -0.25) is 4.79 Å². The lowest BCUT2D eigenvalue weighted by atomic mass is 10.1. The third-order valence-corrected chi connectivity index (χ3v) is 3.83. The van der Waals surface area contributed by atoms with E-state index in [2.05, 4.69) is 10.4 Å². The molecule has 0 aliphatic carbocycles. The summed E-state index contributed by atoms with van der Waals surface area (Å²) in [6, 6.07) is 16.6. The number of aromatic nitrogens is 2. The molecule has 1 aromatic heterocycles. The third kappa shape index (κ3) is 3.67. The van der Waals surface area contributed by atoms with Gasteiger partial charge in [-0.25, -0.2) is 4.68 Å². The van der Waals surface area contributed by atoms with E-state index in [-0.39, 0.29) is 5.91 Å². The van der Waals surface area contributed by atoms with E-state index in [0.29, 0.717) is 17.1 Å². The zero-order valence-corrected chi connectivity index (χ0v) is 13.7. The predicted molar refractivity (Wildman–Crippen MR) is 97.1 cm³/mol. The first-order valence-electron chi connectivity index (χ1n) is 7.40. The number of hydrogen-bond acceptors (Lipinski definition) is 3. The fraction of sp³-hybridized carbons (Fsp3) is 0.0556. The van der Waals surface area contributed by atoms with E-state index >= 15 is 0 Å². The monoisotopic (exact) mass is 336 g/mol. The van der Waals surface area contributed by atoms with Gasteiger partial charge in [0.05, 0.1) is 5.69 Å². The smallest absolute Gasteiger partial charge is 0.251 e. The SMILES string of the molecule is NC(=S)c1ccc(C(=O)NCc2ccc(-n3cccn3)cc2)cc1. The van der Waals surface area contributed by atoms with Gasteiger partial charge in [0.2, 0.25) is 0 Å². The van der Waals surface area contributed by atoms with Crippen molar-refractivity contribution >= 4 is 23.1 Å². The minimum absolute atomic E-state index is 0.138. The minimum Gasteiger partial charge on any atom is -0.389 e. The van der Waals surface area contributed by atoms with Crippen LogP contribution in [0.4, 0.5) is 0 Å². The molecule has 3 aromatic rings. The molecule has 0 spiro atoms. The summed E-state index contributed by atoms with van der Waals surface area (Å²) in [5.41, 5.74) is 8.85. The summed E-state index contributed by atoms with van der Waals surface area (Å²) >= 11 is 4.90. The van der Waals surface area contributed by atoms with Gasteiger partial charge in [0.1, 0.15) is 4.99 Å². The molecule has 0 aliphatic rings. The first-order valence-corrected chi connectivity index (χ1v) is 7.81. The zero-order valence-electron chi connectivity index (χ0n) is 12.8. The largest absolute Gasteiger partial charge is 0.389 e. The average Bonchev–Trinajstić information content (AvgIpc) is 3.15. The van der Waals surface area contributed by atoms with Crippen molar-refractivity contribution in [3.8, 4) is 5.69 Å². The van der Waals surface area contributed by atoms with Gasteiger partial charge in [-0.2, -0.15) is 5.10 Å². The van der Waals surface area contributed by atoms with E-state index in [1.807, 2.05) is 36.5 Å². The molecule has 2 aromatic carbocycles.